The highest BCUT2D eigenvalue weighted by atomic mass is 19.1. The molecule has 0 unspecified atom stereocenters. The largest absolute Gasteiger partial charge is 0.369 e. The van der Waals surface area contributed by atoms with Gasteiger partial charge >= 0.3 is 0 Å². The van der Waals surface area contributed by atoms with E-state index >= 15 is 0 Å². The molecule has 1 aromatic heterocycles. The maximum Gasteiger partial charge on any atom is 0.201 e. The molecule has 0 aliphatic carbocycles. The quantitative estimate of drug-likeness (QED) is 0.879. The van der Waals surface area contributed by atoms with Crippen LogP contribution >= 0.6 is 0 Å². The molecule has 1 heterocycles. The molecule has 0 saturated carbocycles. The molecule has 2 rings (SSSR count). The third-order valence-corrected chi connectivity index (χ3v) is 3.00. The molecular weight excluding hydrogens is 219 g/mol. The van der Waals surface area contributed by atoms with Crippen LogP contribution < -0.4 is 5.73 Å². The van der Waals surface area contributed by atoms with Crippen LogP contribution in [0.25, 0.3) is 11.0 Å². The second-order valence-corrected chi connectivity index (χ2v) is 4.13. The van der Waals surface area contributed by atoms with Crippen LogP contribution in [0.15, 0.2) is 18.2 Å². The van der Waals surface area contributed by atoms with Crippen molar-refractivity contribution in [3.63, 3.8) is 0 Å². The average molecular weight is 236 g/mol. The Bertz CT molecular complexity index is 520. The second kappa shape index (κ2) is 4.71. The Kier molecular flexibility index (Phi) is 3.28. The van der Waals surface area contributed by atoms with Gasteiger partial charge in [-0.05, 0) is 25.7 Å². The summed E-state index contributed by atoms with van der Waals surface area (Å²) in [5.41, 5.74) is 6.92. The van der Waals surface area contributed by atoms with Crippen molar-refractivity contribution in [3.05, 3.63) is 24.0 Å². The van der Waals surface area contributed by atoms with Gasteiger partial charge in [-0.25, -0.2) is 9.37 Å². The molecule has 0 amide bonds. The van der Waals surface area contributed by atoms with Crippen molar-refractivity contribution in [2.24, 2.45) is 0 Å². The van der Waals surface area contributed by atoms with Crippen LogP contribution in [0.2, 0.25) is 0 Å². The van der Waals surface area contributed by atoms with Gasteiger partial charge in [0.15, 0.2) is 5.82 Å². The van der Waals surface area contributed by atoms with Crippen molar-refractivity contribution < 1.29 is 4.39 Å². The van der Waals surface area contributed by atoms with Crippen molar-refractivity contribution in [2.45, 2.75) is 13.5 Å². The van der Waals surface area contributed by atoms with E-state index in [9.17, 15) is 4.39 Å². The minimum absolute atomic E-state index is 0.322. The zero-order chi connectivity index (χ0) is 12.4. The first-order valence-corrected chi connectivity index (χ1v) is 5.72. The fourth-order valence-corrected chi connectivity index (χ4v) is 1.79. The number of hydrogen-bond acceptors (Lipinski definition) is 3. The topological polar surface area (TPSA) is 47.1 Å². The molecular formula is C12H17FN4. The molecule has 0 aliphatic rings. The number of anilines is 1. The Morgan fingerprint density at radius 1 is 1.47 bits per heavy atom. The molecule has 17 heavy (non-hydrogen) atoms. The van der Waals surface area contributed by atoms with E-state index in [0.717, 1.165) is 25.2 Å². The first-order chi connectivity index (χ1) is 8.13. The number of imidazole rings is 1. The summed E-state index contributed by atoms with van der Waals surface area (Å²) in [6.45, 7) is 4.65. The van der Waals surface area contributed by atoms with E-state index in [-0.39, 0.29) is 5.82 Å². The van der Waals surface area contributed by atoms with Gasteiger partial charge in [0.25, 0.3) is 0 Å². The lowest BCUT2D eigenvalue weighted by Gasteiger charge is -2.14. The standard InChI is InChI=1S/C12H17FN4/c1-3-16(2)7-8-17-10-6-4-5-9(13)11(10)15-12(17)14/h4-6H,3,7-8H2,1-2H3,(H2,14,15). The van der Waals surface area contributed by atoms with Gasteiger partial charge < -0.3 is 15.2 Å². The van der Waals surface area contributed by atoms with E-state index in [2.05, 4.69) is 16.8 Å². The maximum absolute atomic E-state index is 13.5. The molecule has 2 aromatic rings. The number of nitrogens with two attached hydrogens (primary N) is 1. The third kappa shape index (κ3) is 2.24. The lowest BCUT2D eigenvalue weighted by Crippen LogP contribution is -2.23. The van der Waals surface area contributed by atoms with Crippen LogP contribution in [0.5, 0.6) is 0 Å². The number of hydrogen-bond donors (Lipinski definition) is 1. The number of nitrogen functional groups attached to an aromatic ring is 1. The van der Waals surface area contributed by atoms with Gasteiger partial charge in [0, 0.05) is 13.1 Å². The van der Waals surface area contributed by atoms with Crippen LogP contribution in [0.3, 0.4) is 0 Å². The summed E-state index contributed by atoms with van der Waals surface area (Å²) in [6.07, 6.45) is 0. The molecule has 2 N–H and O–H groups in total. The molecule has 1 aromatic carbocycles. The molecule has 0 spiro atoms. The maximum atomic E-state index is 13.5. The van der Waals surface area contributed by atoms with Crippen LogP contribution in [0.1, 0.15) is 6.92 Å². The van der Waals surface area contributed by atoms with Crippen molar-refractivity contribution in [1.82, 2.24) is 14.5 Å². The van der Waals surface area contributed by atoms with Gasteiger partial charge in [-0.1, -0.05) is 13.0 Å². The normalized spacial score (nSPS) is 11.5. The summed E-state index contributed by atoms with van der Waals surface area (Å²) in [4.78, 5) is 6.23. The van der Waals surface area contributed by atoms with Crippen molar-refractivity contribution >= 4 is 17.0 Å². The highest BCUT2D eigenvalue weighted by Gasteiger charge is 2.11. The Hall–Kier alpha value is -1.62. The van der Waals surface area contributed by atoms with E-state index < -0.39 is 0 Å². The number of halogens is 1. The minimum Gasteiger partial charge on any atom is -0.369 e. The first kappa shape index (κ1) is 11.9. The SMILES string of the molecule is CCN(C)CCn1c(N)nc2c(F)cccc21. The summed E-state index contributed by atoms with van der Waals surface area (Å²) >= 11 is 0. The smallest absolute Gasteiger partial charge is 0.201 e. The van der Waals surface area contributed by atoms with E-state index in [4.69, 9.17) is 5.73 Å². The Morgan fingerprint density at radius 3 is 2.94 bits per heavy atom. The van der Waals surface area contributed by atoms with Gasteiger partial charge in [0.2, 0.25) is 5.95 Å². The first-order valence-electron chi connectivity index (χ1n) is 5.72. The number of benzene rings is 1. The monoisotopic (exact) mass is 236 g/mol. The lowest BCUT2D eigenvalue weighted by atomic mass is 10.3. The van der Waals surface area contributed by atoms with Crippen LogP contribution in [-0.4, -0.2) is 34.6 Å². The van der Waals surface area contributed by atoms with Crippen LogP contribution in [-0.2, 0) is 6.54 Å². The number of rotatable bonds is 4. The van der Waals surface area contributed by atoms with Gasteiger partial charge in [0.1, 0.15) is 5.52 Å². The van der Waals surface area contributed by atoms with Gasteiger partial charge in [-0.3, -0.25) is 0 Å². The molecule has 0 saturated heterocycles. The third-order valence-electron chi connectivity index (χ3n) is 3.00. The van der Waals surface area contributed by atoms with E-state index in [1.54, 1.807) is 6.07 Å². The minimum atomic E-state index is -0.322. The van der Waals surface area contributed by atoms with Gasteiger partial charge in [-0.2, -0.15) is 0 Å². The molecule has 4 nitrogen and oxygen atoms in total. The summed E-state index contributed by atoms with van der Waals surface area (Å²) in [5, 5.41) is 0. The number of fused-ring (bicyclic) bond motifs is 1. The molecule has 0 bridgehead atoms. The average Bonchev–Trinajstić information content (AvgIpc) is 2.64. The van der Waals surface area contributed by atoms with E-state index in [1.165, 1.54) is 6.07 Å². The number of para-hydroxylation sites is 1. The summed E-state index contributed by atoms with van der Waals surface area (Å²) in [6, 6.07) is 4.92. The number of nitrogens with zero attached hydrogens (tertiary/aromatic N) is 3. The molecule has 0 fully saturated rings. The Labute approximate surface area is 99.8 Å². The summed E-state index contributed by atoms with van der Waals surface area (Å²) < 4.78 is 15.4. The highest BCUT2D eigenvalue weighted by Crippen LogP contribution is 2.20. The van der Waals surface area contributed by atoms with Crippen LogP contribution in [0.4, 0.5) is 10.3 Å². The lowest BCUT2D eigenvalue weighted by molar-refractivity contribution is 0.338. The zero-order valence-corrected chi connectivity index (χ0v) is 10.2. The molecule has 92 valence electrons. The zero-order valence-electron chi connectivity index (χ0n) is 10.2. The summed E-state index contributed by atoms with van der Waals surface area (Å²) in [5.74, 6) is 0.0476. The highest BCUT2D eigenvalue weighted by molar-refractivity contribution is 5.78. The number of likely N-dealkylation sites (N-methyl/N-ethyl adjacent to an activating group) is 1. The van der Waals surface area contributed by atoms with Crippen molar-refractivity contribution in [3.8, 4) is 0 Å². The fraction of sp³-hybridized carbons (Fsp3) is 0.417. The molecule has 0 radical (unpaired) electrons. The van der Waals surface area contributed by atoms with Crippen LogP contribution in [0, 0.1) is 5.82 Å². The van der Waals surface area contributed by atoms with Crippen molar-refractivity contribution in [1.29, 1.82) is 0 Å². The molecule has 5 heteroatoms. The van der Waals surface area contributed by atoms with Crippen molar-refractivity contribution in [2.75, 3.05) is 25.9 Å². The molecule has 0 aliphatic heterocycles. The molecule has 0 atom stereocenters. The fourth-order valence-electron chi connectivity index (χ4n) is 1.79. The number of aromatic nitrogens is 2. The summed E-state index contributed by atoms with van der Waals surface area (Å²) in [7, 11) is 2.04. The predicted octanol–water partition coefficient (Wildman–Crippen LogP) is 1.71. The Morgan fingerprint density at radius 2 is 2.24 bits per heavy atom. The van der Waals surface area contributed by atoms with E-state index in [0.29, 0.717) is 11.5 Å². The van der Waals surface area contributed by atoms with Gasteiger partial charge in [0.05, 0.1) is 5.52 Å². The Balaban J connectivity index is 2.33. The van der Waals surface area contributed by atoms with Gasteiger partial charge in [-0.15, -0.1) is 0 Å². The van der Waals surface area contributed by atoms with E-state index in [1.807, 2.05) is 17.7 Å². The second-order valence-electron chi connectivity index (χ2n) is 4.13. The predicted molar refractivity (Wildman–Crippen MR) is 67.3 cm³/mol.